The fourth-order valence-electron chi connectivity index (χ4n) is 4.35. The first-order valence-electron chi connectivity index (χ1n) is 11.0. The molecule has 0 amide bonds. The monoisotopic (exact) mass is 389 g/mol. The molecule has 0 saturated carbocycles. The normalized spacial score (nSPS) is 24.0. The SMILES string of the molecule is CCCCCN/C=C1\C(=C(\C)CC)C=CCC(C)(C)C1C(C)C(=O)C(C)(C)O. The number of ketones is 1. The van der Waals surface area contributed by atoms with Crippen molar-refractivity contribution in [2.75, 3.05) is 6.54 Å². The third-order valence-corrected chi connectivity index (χ3v) is 6.11. The molecule has 0 heterocycles. The number of carbonyl (C=O) groups excluding carboxylic acids is 1. The van der Waals surface area contributed by atoms with Crippen LogP contribution in [0.2, 0.25) is 0 Å². The zero-order valence-corrected chi connectivity index (χ0v) is 19.5. The van der Waals surface area contributed by atoms with Crippen molar-refractivity contribution in [3.63, 3.8) is 0 Å². The number of hydrogen-bond acceptors (Lipinski definition) is 3. The number of nitrogens with one attached hydrogen (secondary N) is 1. The minimum atomic E-state index is -1.32. The van der Waals surface area contributed by atoms with Gasteiger partial charge in [-0.3, -0.25) is 4.79 Å². The molecule has 0 aliphatic heterocycles. The molecule has 0 spiro atoms. The molecule has 3 heteroatoms. The summed E-state index contributed by atoms with van der Waals surface area (Å²) in [5, 5.41) is 13.9. The summed E-state index contributed by atoms with van der Waals surface area (Å²) in [4.78, 5) is 13.0. The van der Waals surface area contributed by atoms with Crippen molar-refractivity contribution in [2.24, 2.45) is 17.3 Å². The van der Waals surface area contributed by atoms with Crippen molar-refractivity contribution in [3.8, 4) is 0 Å². The first-order valence-corrected chi connectivity index (χ1v) is 11.0. The maximum absolute atomic E-state index is 13.0. The van der Waals surface area contributed by atoms with Crippen LogP contribution in [0.15, 0.2) is 35.1 Å². The molecule has 0 aromatic rings. The van der Waals surface area contributed by atoms with Gasteiger partial charge in [-0.05, 0) is 56.6 Å². The second-order valence-corrected chi connectivity index (χ2v) is 9.59. The molecule has 2 N–H and O–H groups in total. The van der Waals surface area contributed by atoms with Crippen molar-refractivity contribution in [3.05, 3.63) is 35.1 Å². The Bertz CT molecular complexity index is 617. The van der Waals surface area contributed by atoms with Gasteiger partial charge in [0.25, 0.3) is 0 Å². The predicted molar refractivity (Wildman–Crippen MR) is 120 cm³/mol. The van der Waals surface area contributed by atoms with E-state index in [-0.39, 0.29) is 23.0 Å². The molecule has 2 atom stereocenters. The van der Waals surface area contributed by atoms with E-state index in [9.17, 15) is 9.90 Å². The lowest BCUT2D eigenvalue weighted by Crippen LogP contribution is -2.43. The Morgan fingerprint density at radius 1 is 1.36 bits per heavy atom. The van der Waals surface area contributed by atoms with Crippen LogP contribution in [0.1, 0.15) is 87.5 Å². The zero-order valence-electron chi connectivity index (χ0n) is 19.5. The largest absolute Gasteiger partial charge is 0.391 e. The van der Waals surface area contributed by atoms with E-state index in [0.29, 0.717) is 0 Å². The van der Waals surface area contributed by atoms with Gasteiger partial charge in [0.2, 0.25) is 0 Å². The van der Waals surface area contributed by atoms with E-state index in [2.05, 4.69) is 58.3 Å². The van der Waals surface area contributed by atoms with Gasteiger partial charge in [-0.2, -0.15) is 0 Å². The van der Waals surface area contributed by atoms with E-state index < -0.39 is 5.60 Å². The second kappa shape index (κ2) is 10.4. The summed E-state index contributed by atoms with van der Waals surface area (Å²) in [7, 11) is 0. The molecular formula is C25H43NO2. The van der Waals surface area contributed by atoms with E-state index in [1.165, 1.54) is 29.6 Å². The summed E-state index contributed by atoms with van der Waals surface area (Å²) in [5.74, 6) is -0.312. The summed E-state index contributed by atoms with van der Waals surface area (Å²) in [6.07, 6.45) is 12.1. The Labute approximate surface area is 173 Å². The smallest absolute Gasteiger partial charge is 0.167 e. The van der Waals surface area contributed by atoms with Gasteiger partial charge in [-0.15, -0.1) is 0 Å². The molecule has 0 bridgehead atoms. The Morgan fingerprint density at radius 2 is 2.00 bits per heavy atom. The predicted octanol–water partition coefficient (Wildman–Crippen LogP) is 5.96. The molecule has 1 aliphatic carbocycles. The van der Waals surface area contributed by atoms with Gasteiger partial charge in [0.1, 0.15) is 5.60 Å². The third-order valence-electron chi connectivity index (χ3n) is 6.11. The summed E-state index contributed by atoms with van der Waals surface area (Å²) in [6.45, 7) is 17.2. The van der Waals surface area contributed by atoms with Crippen molar-refractivity contribution in [2.45, 2.75) is 93.1 Å². The van der Waals surface area contributed by atoms with E-state index in [4.69, 9.17) is 0 Å². The highest BCUT2D eigenvalue weighted by Gasteiger charge is 2.43. The molecule has 1 rings (SSSR count). The van der Waals surface area contributed by atoms with Gasteiger partial charge in [-0.25, -0.2) is 0 Å². The van der Waals surface area contributed by atoms with Gasteiger partial charge >= 0.3 is 0 Å². The quantitative estimate of drug-likeness (QED) is 0.479. The van der Waals surface area contributed by atoms with Crippen LogP contribution in [0.5, 0.6) is 0 Å². The maximum atomic E-state index is 13.0. The average molecular weight is 390 g/mol. The third kappa shape index (κ3) is 6.34. The molecule has 1 aliphatic rings. The Kier molecular flexibility index (Phi) is 9.20. The minimum Gasteiger partial charge on any atom is -0.391 e. The molecule has 0 fully saturated rings. The van der Waals surface area contributed by atoms with E-state index in [1.807, 2.05) is 6.92 Å². The first kappa shape index (κ1) is 24.7. The lowest BCUT2D eigenvalue weighted by molar-refractivity contribution is -0.140. The molecule has 0 aromatic heterocycles. The molecule has 28 heavy (non-hydrogen) atoms. The molecular weight excluding hydrogens is 346 g/mol. The molecule has 0 radical (unpaired) electrons. The summed E-state index contributed by atoms with van der Waals surface area (Å²) in [5.41, 5.74) is 2.39. The van der Waals surface area contributed by atoms with Crippen LogP contribution < -0.4 is 5.32 Å². The van der Waals surface area contributed by atoms with E-state index in [0.717, 1.165) is 25.8 Å². The number of allylic oxidation sites excluding steroid dienone is 5. The van der Waals surface area contributed by atoms with E-state index in [1.54, 1.807) is 13.8 Å². The van der Waals surface area contributed by atoms with Crippen LogP contribution in [0.3, 0.4) is 0 Å². The van der Waals surface area contributed by atoms with Gasteiger partial charge in [0, 0.05) is 24.6 Å². The fourth-order valence-corrected chi connectivity index (χ4v) is 4.35. The van der Waals surface area contributed by atoms with Crippen LogP contribution in [0.4, 0.5) is 0 Å². The molecule has 0 aromatic carbocycles. The molecule has 0 saturated heterocycles. The number of unbranched alkanes of at least 4 members (excludes halogenated alkanes) is 2. The fraction of sp³-hybridized carbons (Fsp3) is 0.720. The lowest BCUT2D eigenvalue weighted by atomic mass is 9.64. The Balaban J connectivity index is 3.43. The van der Waals surface area contributed by atoms with Crippen LogP contribution in [-0.2, 0) is 4.79 Å². The van der Waals surface area contributed by atoms with Crippen LogP contribution >= 0.6 is 0 Å². The van der Waals surface area contributed by atoms with Crippen LogP contribution in [-0.4, -0.2) is 23.0 Å². The number of hydrogen-bond donors (Lipinski definition) is 2. The van der Waals surface area contributed by atoms with Crippen molar-refractivity contribution in [1.29, 1.82) is 0 Å². The molecule has 3 nitrogen and oxygen atoms in total. The van der Waals surface area contributed by atoms with Gasteiger partial charge in [-0.1, -0.05) is 65.2 Å². The van der Waals surface area contributed by atoms with Crippen molar-refractivity contribution in [1.82, 2.24) is 5.32 Å². The van der Waals surface area contributed by atoms with Gasteiger partial charge < -0.3 is 10.4 Å². The highest BCUT2D eigenvalue weighted by molar-refractivity contribution is 5.89. The van der Waals surface area contributed by atoms with Crippen LogP contribution in [0, 0.1) is 17.3 Å². The van der Waals surface area contributed by atoms with Gasteiger partial charge in [0.15, 0.2) is 5.78 Å². The number of aliphatic hydroxyl groups is 1. The number of rotatable bonds is 9. The Hall–Kier alpha value is -1.35. The second-order valence-electron chi connectivity index (χ2n) is 9.59. The van der Waals surface area contributed by atoms with Gasteiger partial charge in [0.05, 0.1) is 0 Å². The average Bonchev–Trinajstić information content (AvgIpc) is 2.74. The summed E-state index contributed by atoms with van der Waals surface area (Å²) < 4.78 is 0. The maximum Gasteiger partial charge on any atom is 0.167 e. The number of carbonyl (C=O) groups is 1. The van der Waals surface area contributed by atoms with E-state index >= 15 is 0 Å². The molecule has 160 valence electrons. The minimum absolute atomic E-state index is 0.0385. The number of Topliss-reactive ketones (excluding diaryl/α,β-unsaturated/α-hetero) is 1. The standard InChI is InChI=1S/C25H43NO2/c1-9-11-12-16-26-17-21-20(18(3)10-2)14-13-15-24(5,6)22(21)19(4)23(27)25(7,8)28/h13-14,17,19,22,26,28H,9-12,15-16H2,1-8H3/b20-18-,21-17+. The first-order chi connectivity index (χ1) is 13.0. The van der Waals surface area contributed by atoms with Crippen molar-refractivity contribution >= 4 is 5.78 Å². The summed E-state index contributed by atoms with van der Waals surface area (Å²) >= 11 is 0. The van der Waals surface area contributed by atoms with Crippen molar-refractivity contribution < 1.29 is 9.90 Å². The zero-order chi connectivity index (χ0) is 21.5. The highest BCUT2D eigenvalue weighted by Crippen LogP contribution is 2.47. The topological polar surface area (TPSA) is 49.3 Å². The lowest BCUT2D eigenvalue weighted by Gasteiger charge is -2.40. The molecule has 2 unspecified atom stereocenters. The Morgan fingerprint density at radius 3 is 2.54 bits per heavy atom. The van der Waals surface area contributed by atoms with Crippen LogP contribution in [0.25, 0.3) is 0 Å². The highest BCUT2D eigenvalue weighted by atomic mass is 16.3. The summed E-state index contributed by atoms with van der Waals surface area (Å²) in [6, 6.07) is 0.